The summed E-state index contributed by atoms with van der Waals surface area (Å²) in [6.45, 7) is 2.02. The van der Waals surface area contributed by atoms with Crippen LogP contribution in [-0.2, 0) is 11.8 Å². The number of rotatable bonds is 6. The molecule has 2 aromatic rings. The molecule has 0 saturated heterocycles. The predicted octanol–water partition coefficient (Wildman–Crippen LogP) is 3.18. The van der Waals surface area contributed by atoms with Gasteiger partial charge in [-0.05, 0) is 25.1 Å². The normalized spacial score (nSPS) is 14.7. The molecule has 23 heavy (non-hydrogen) atoms. The SMILES string of the molecule is C#CCCC1(CCC(=O)Nc2ccc3c(C)n(C)nc3c2)N=N1. The molecule has 6 nitrogen and oxygen atoms in total. The monoisotopic (exact) mass is 309 g/mol. The fourth-order valence-corrected chi connectivity index (χ4v) is 2.61. The molecule has 1 aliphatic rings. The van der Waals surface area contributed by atoms with E-state index in [9.17, 15) is 4.79 Å². The second-order valence-corrected chi connectivity index (χ2v) is 5.88. The van der Waals surface area contributed by atoms with Crippen molar-refractivity contribution in [3.8, 4) is 12.3 Å². The fourth-order valence-electron chi connectivity index (χ4n) is 2.61. The van der Waals surface area contributed by atoms with E-state index in [2.05, 4.69) is 26.6 Å². The highest BCUT2D eigenvalue weighted by Crippen LogP contribution is 2.37. The zero-order chi connectivity index (χ0) is 16.4. The van der Waals surface area contributed by atoms with Gasteiger partial charge in [0.25, 0.3) is 0 Å². The maximum atomic E-state index is 12.1. The minimum atomic E-state index is -0.411. The van der Waals surface area contributed by atoms with E-state index in [4.69, 9.17) is 6.42 Å². The zero-order valence-corrected chi connectivity index (χ0v) is 13.3. The molecule has 0 bridgehead atoms. The van der Waals surface area contributed by atoms with Gasteiger partial charge in [-0.1, -0.05) is 0 Å². The second kappa shape index (κ2) is 5.84. The molecule has 1 aromatic heterocycles. The van der Waals surface area contributed by atoms with Gasteiger partial charge >= 0.3 is 0 Å². The van der Waals surface area contributed by atoms with Gasteiger partial charge in [0.15, 0.2) is 5.66 Å². The van der Waals surface area contributed by atoms with Crippen LogP contribution in [0, 0.1) is 19.3 Å². The Hall–Kier alpha value is -2.68. The summed E-state index contributed by atoms with van der Waals surface area (Å²) in [5.41, 5.74) is 2.32. The van der Waals surface area contributed by atoms with Crippen LogP contribution >= 0.6 is 0 Å². The molecule has 0 saturated carbocycles. The summed E-state index contributed by atoms with van der Waals surface area (Å²) in [5.74, 6) is 2.54. The number of hydrogen-bond acceptors (Lipinski definition) is 4. The summed E-state index contributed by atoms with van der Waals surface area (Å²) in [7, 11) is 1.91. The molecular weight excluding hydrogens is 290 g/mol. The Balaban J connectivity index is 1.59. The highest BCUT2D eigenvalue weighted by atomic mass is 16.1. The van der Waals surface area contributed by atoms with E-state index >= 15 is 0 Å². The Labute approximate surface area is 135 Å². The Bertz CT molecular complexity index is 821. The molecular formula is C17H19N5O. The Kier molecular flexibility index (Phi) is 3.87. The molecule has 6 heteroatoms. The molecule has 0 radical (unpaired) electrons. The van der Waals surface area contributed by atoms with E-state index in [1.165, 1.54) is 0 Å². The number of nitrogens with zero attached hydrogens (tertiary/aromatic N) is 4. The van der Waals surface area contributed by atoms with Crippen LogP contribution in [0.5, 0.6) is 0 Å². The Morgan fingerprint density at radius 2 is 2.17 bits per heavy atom. The van der Waals surface area contributed by atoms with Gasteiger partial charge in [0.2, 0.25) is 5.91 Å². The molecule has 0 atom stereocenters. The first-order valence-corrected chi connectivity index (χ1v) is 7.64. The van der Waals surface area contributed by atoms with E-state index in [1.807, 2.05) is 36.9 Å². The van der Waals surface area contributed by atoms with Crippen molar-refractivity contribution in [2.45, 2.75) is 38.3 Å². The summed E-state index contributed by atoms with van der Waals surface area (Å²) in [4.78, 5) is 12.1. The van der Waals surface area contributed by atoms with Gasteiger partial charge in [-0.3, -0.25) is 9.48 Å². The lowest BCUT2D eigenvalue weighted by atomic mass is 10.0. The van der Waals surface area contributed by atoms with Crippen molar-refractivity contribution in [1.29, 1.82) is 0 Å². The number of amides is 1. The van der Waals surface area contributed by atoms with E-state index in [0.29, 0.717) is 19.3 Å². The van der Waals surface area contributed by atoms with Gasteiger partial charge in [0, 0.05) is 49.5 Å². The number of hydrogen-bond donors (Lipinski definition) is 1. The molecule has 0 aliphatic carbocycles. The number of aryl methyl sites for hydroxylation is 2. The number of fused-ring (bicyclic) bond motifs is 1. The largest absolute Gasteiger partial charge is 0.326 e. The summed E-state index contributed by atoms with van der Waals surface area (Å²) in [6, 6.07) is 5.77. The molecule has 2 heterocycles. The van der Waals surface area contributed by atoms with E-state index in [-0.39, 0.29) is 5.91 Å². The smallest absolute Gasteiger partial charge is 0.224 e. The van der Waals surface area contributed by atoms with Crippen molar-refractivity contribution < 1.29 is 4.79 Å². The van der Waals surface area contributed by atoms with Crippen LogP contribution in [0.3, 0.4) is 0 Å². The molecule has 0 fully saturated rings. The van der Waals surface area contributed by atoms with Crippen molar-refractivity contribution in [3.63, 3.8) is 0 Å². The van der Waals surface area contributed by atoms with Crippen LogP contribution in [0.1, 0.15) is 31.4 Å². The number of aromatic nitrogens is 2. The molecule has 1 aliphatic heterocycles. The zero-order valence-electron chi connectivity index (χ0n) is 13.3. The van der Waals surface area contributed by atoms with Crippen LogP contribution in [0.15, 0.2) is 28.4 Å². The Morgan fingerprint density at radius 3 is 2.87 bits per heavy atom. The van der Waals surface area contributed by atoms with Crippen molar-refractivity contribution in [2.24, 2.45) is 17.3 Å². The second-order valence-electron chi connectivity index (χ2n) is 5.88. The highest BCUT2D eigenvalue weighted by Gasteiger charge is 2.39. The van der Waals surface area contributed by atoms with Crippen molar-refractivity contribution in [1.82, 2.24) is 9.78 Å². The summed E-state index contributed by atoms with van der Waals surface area (Å²) in [6.07, 6.45) is 7.58. The van der Waals surface area contributed by atoms with Crippen LogP contribution in [-0.4, -0.2) is 21.4 Å². The van der Waals surface area contributed by atoms with Crippen molar-refractivity contribution in [2.75, 3.05) is 5.32 Å². The van der Waals surface area contributed by atoms with E-state index in [0.717, 1.165) is 28.7 Å². The van der Waals surface area contributed by atoms with Gasteiger partial charge in [-0.2, -0.15) is 15.3 Å². The summed E-state index contributed by atoms with van der Waals surface area (Å²) < 4.78 is 1.83. The van der Waals surface area contributed by atoms with Crippen LogP contribution < -0.4 is 5.32 Å². The number of benzene rings is 1. The lowest BCUT2D eigenvalue weighted by Crippen LogP contribution is -2.17. The average Bonchev–Trinajstić information content (AvgIpc) is 3.25. The third-order valence-electron chi connectivity index (χ3n) is 4.22. The number of nitrogens with one attached hydrogen (secondary N) is 1. The van der Waals surface area contributed by atoms with Crippen molar-refractivity contribution >= 4 is 22.5 Å². The van der Waals surface area contributed by atoms with Gasteiger partial charge in [0.05, 0.1) is 5.52 Å². The van der Waals surface area contributed by atoms with Crippen LogP contribution in [0.25, 0.3) is 10.9 Å². The van der Waals surface area contributed by atoms with Crippen molar-refractivity contribution in [3.05, 3.63) is 23.9 Å². The quantitative estimate of drug-likeness (QED) is 0.832. The first-order valence-electron chi connectivity index (χ1n) is 7.64. The van der Waals surface area contributed by atoms with Crippen LogP contribution in [0.2, 0.25) is 0 Å². The molecule has 1 N–H and O–H groups in total. The minimum absolute atomic E-state index is 0.0469. The number of carbonyl (C=O) groups excluding carboxylic acids is 1. The first-order chi connectivity index (χ1) is 11.0. The summed E-state index contributed by atoms with van der Waals surface area (Å²) >= 11 is 0. The minimum Gasteiger partial charge on any atom is -0.326 e. The number of terminal acetylenes is 1. The molecule has 1 aromatic carbocycles. The van der Waals surface area contributed by atoms with E-state index < -0.39 is 5.66 Å². The third kappa shape index (κ3) is 3.24. The van der Waals surface area contributed by atoms with E-state index in [1.54, 1.807) is 0 Å². The topological polar surface area (TPSA) is 71.6 Å². The predicted molar refractivity (Wildman–Crippen MR) is 89.0 cm³/mol. The molecule has 0 unspecified atom stereocenters. The van der Waals surface area contributed by atoms with Gasteiger partial charge in [-0.25, -0.2) is 0 Å². The average molecular weight is 309 g/mol. The number of anilines is 1. The summed E-state index contributed by atoms with van der Waals surface area (Å²) in [5, 5.41) is 16.5. The van der Waals surface area contributed by atoms with Gasteiger partial charge in [-0.15, -0.1) is 12.3 Å². The lowest BCUT2D eigenvalue weighted by Gasteiger charge is -2.09. The Morgan fingerprint density at radius 1 is 1.39 bits per heavy atom. The molecule has 3 rings (SSSR count). The van der Waals surface area contributed by atoms with Gasteiger partial charge in [0.1, 0.15) is 0 Å². The highest BCUT2D eigenvalue weighted by molar-refractivity contribution is 5.94. The standard InChI is InChI=1S/C17H19N5O/c1-4-5-9-17(20-21-17)10-8-16(23)18-13-6-7-14-12(2)22(3)19-15(14)11-13/h1,6-7,11H,5,8-10H2,2-3H3,(H,18,23). The third-order valence-corrected chi connectivity index (χ3v) is 4.22. The fraction of sp³-hybridized carbons (Fsp3) is 0.412. The number of carbonyl (C=O) groups is 1. The molecule has 1 amide bonds. The van der Waals surface area contributed by atoms with Gasteiger partial charge < -0.3 is 5.32 Å². The molecule has 0 spiro atoms. The first kappa shape index (κ1) is 15.2. The van der Waals surface area contributed by atoms with Crippen LogP contribution in [0.4, 0.5) is 5.69 Å². The maximum absolute atomic E-state index is 12.1. The molecule has 118 valence electrons. The lowest BCUT2D eigenvalue weighted by molar-refractivity contribution is -0.116. The maximum Gasteiger partial charge on any atom is 0.224 e.